The number of hydrogen-bond donors (Lipinski definition) is 1. The third-order valence-corrected chi connectivity index (χ3v) is 7.69. The second-order valence-electron chi connectivity index (χ2n) is 8.41. The summed E-state index contributed by atoms with van der Waals surface area (Å²) in [7, 11) is -1.55. The van der Waals surface area contributed by atoms with Crippen molar-refractivity contribution in [3.05, 3.63) is 46.9 Å². The van der Waals surface area contributed by atoms with Gasteiger partial charge in [0.15, 0.2) is 5.82 Å². The molecule has 1 N–H and O–H groups in total. The van der Waals surface area contributed by atoms with Crippen LogP contribution in [0.3, 0.4) is 0 Å². The van der Waals surface area contributed by atoms with Gasteiger partial charge in [-0.15, -0.1) is 6.42 Å². The molecule has 0 aliphatic carbocycles. The second kappa shape index (κ2) is 17.6. The lowest BCUT2D eigenvalue weighted by Gasteiger charge is -2.20. The summed E-state index contributed by atoms with van der Waals surface area (Å²) >= 11 is 0. The Labute approximate surface area is 227 Å². The average Bonchev–Trinajstić information content (AvgIpc) is 3.33. The Kier molecular flexibility index (Phi) is 15.3. The first-order valence-electron chi connectivity index (χ1n) is 13.2. The summed E-state index contributed by atoms with van der Waals surface area (Å²) in [6.45, 7) is 10.6. The van der Waals surface area contributed by atoms with Crippen molar-refractivity contribution < 1.29 is 23.2 Å². The molecule has 0 aliphatic rings. The van der Waals surface area contributed by atoms with Crippen LogP contribution in [0, 0.1) is 19.3 Å². The van der Waals surface area contributed by atoms with E-state index in [9.17, 15) is 14.2 Å². The number of unbranched alkanes of at least 4 members (excludes halogenated alkanes) is 1. The number of aromatic nitrogens is 2. The summed E-state index contributed by atoms with van der Waals surface area (Å²) < 4.78 is 23.3. The molecule has 1 heterocycles. The number of benzene rings is 1. The van der Waals surface area contributed by atoms with Gasteiger partial charge < -0.3 is 18.9 Å². The number of nitrogens with one attached hydrogen (secondary N) is 1. The van der Waals surface area contributed by atoms with Crippen LogP contribution >= 0.6 is 7.60 Å². The number of aromatic amines is 1. The van der Waals surface area contributed by atoms with Gasteiger partial charge in [0.25, 0.3) is 5.91 Å². The zero-order valence-corrected chi connectivity index (χ0v) is 24.6. The maximum atomic E-state index is 13.1. The molecule has 2 rings (SSSR count). The molecule has 0 radical (unpaired) electrons. The molecule has 2 aromatic rings. The highest BCUT2D eigenvalue weighted by molar-refractivity contribution is 7.53. The first-order valence-corrected chi connectivity index (χ1v) is 14.9. The smallest absolute Gasteiger partial charge is 0.330 e. The van der Waals surface area contributed by atoms with Gasteiger partial charge in [-0.3, -0.25) is 19.1 Å². The Hall–Kier alpha value is -2.92. The molecule has 0 saturated heterocycles. The average molecular weight is 547 g/mol. The fraction of sp³-hybridized carbons (Fsp3) is 0.536. The normalized spacial score (nSPS) is 10.8. The monoisotopic (exact) mass is 546 g/mol. The number of carbonyl (C=O) groups is 2. The lowest BCUT2D eigenvalue weighted by Crippen LogP contribution is -2.31. The molecule has 0 unspecified atom stereocenters. The third-order valence-electron chi connectivity index (χ3n) is 5.53. The molecule has 38 heavy (non-hydrogen) atoms. The number of nitrogens with zero attached hydrogens (tertiary/aromatic N) is 3. The first kappa shape index (κ1) is 33.1. The number of imidazole rings is 1. The van der Waals surface area contributed by atoms with Gasteiger partial charge in [-0.2, -0.15) is 0 Å². The lowest BCUT2D eigenvalue weighted by atomic mass is 10.1. The van der Waals surface area contributed by atoms with E-state index >= 15 is 0 Å². The van der Waals surface area contributed by atoms with Crippen molar-refractivity contribution in [2.75, 3.05) is 44.4 Å². The Morgan fingerprint density at radius 1 is 1.13 bits per heavy atom. The van der Waals surface area contributed by atoms with Crippen molar-refractivity contribution in [2.45, 2.75) is 60.3 Å². The molecular weight excluding hydrogens is 503 g/mol. The van der Waals surface area contributed by atoms with Gasteiger partial charge in [0.2, 0.25) is 6.41 Å². The van der Waals surface area contributed by atoms with Gasteiger partial charge in [0.05, 0.1) is 25.9 Å². The van der Waals surface area contributed by atoms with Crippen LogP contribution in [0.5, 0.6) is 0 Å². The molecular formula is C28H43N4O5P. The maximum absolute atomic E-state index is 13.1. The van der Waals surface area contributed by atoms with E-state index in [1.165, 1.54) is 15.4 Å². The van der Waals surface area contributed by atoms with Crippen LogP contribution < -0.4 is 4.90 Å². The van der Waals surface area contributed by atoms with E-state index in [0.717, 1.165) is 12.0 Å². The van der Waals surface area contributed by atoms with Crippen molar-refractivity contribution in [2.24, 2.45) is 0 Å². The molecule has 0 bridgehead atoms. The SMILES string of the molecule is C#CCN(C)C(=O)c1[nH]c(CCc2ccc(C)cc2)nc1N(C=O)CCCCP(=O)(OCC)OCC.CC. The number of carbonyl (C=O) groups excluding carboxylic acids is 2. The number of aryl methyl sites for hydroxylation is 3. The van der Waals surface area contributed by atoms with Gasteiger partial charge in [-0.25, -0.2) is 4.98 Å². The van der Waals surface area contributed by atoms with E-state index in [0.29, 0.717) is 51.3 Å². The molecule has 0 fully saturated rings. The van der Waals surface area contributed by atoms with E-state index in [1.807, 2.05) is 20.8 Å². The van der Waals surface area contributed by atoms with E-state index in [2.05, 4.69) is 40.2 Å². The molecule has 1 aromatic heterocycles. The molecule has 0 aliphatic heterocycles. The third kappa shape index (κ3) is 10.4. The highest BCUT2D eigenvalue weighted by Gasteiger charge is 2.26. The fourth-order valence-corrected chi connectivity index (χ4v) is 5.39. The molecule has 10 heteroatoms. The number of terminal acetylenes is 1. The van der Waals surface area contributed by atoms with Gasteiger partial charge in [0.1, 0.15) is 11.5 Å². The molecule has 0 saturated carbocycles. The first-order chi connectivity index (χ1) is 18.3. The number of rotatable bonds is 16. The molecule has 0 spiro atoms. The van der Waals surface area contributed by atoms with Crippen LogP contribution in [0.15, 0.2) is 24.3 Å². The second-order valence-corrected chi connectivity index (χ2v) is 10.6. The molecule has 0 atom stereocenters. The topological polar surface area (TPSA) is 105 Å². The van der Waals surface area contributed by atoms with Gasteiger partial charge in [-0.1, -0.05) is 49.6 Å². The Morgan fingerprint density at radius 3 is 2.32 bits per heavy atom. The zero-order chi connectivity index (χ0) is 28.6. The summed E-state index contributed by atoms with van der Waals surface area (Å²) in [5.74, 6) is 2.97. The van der Waals surface area contributed by atoms with Gasteiger partial charge in [-0.05, 0) is 45.6 Å². The van der Waals surface area contributed by atoms with Crippen molar-refractivity contribution in [3.8, 4) is 12.3 Å². The molecule has 2 amide bonds. The molecule has 9 nitrogen and oxygen atoms in total. The van der Waals surface area contributed by atoms with E-state index in [-0.39, 0.29) is 30.1 Å². The summed E-state index contributed by atoms with van der Waals surface area (Å²) in [4.78, 5) is 35.6. The zero-order valence-electron chi connectivity index (χ0n) is 23.7. The van der Waals surface area contributed by atoms with Crippen LogP contribution in [0.4, 0.5) is 5.82 Å². The number of H-pyrrole nitrogens is 1. The van der Waals surface area contributed by atoms with Crippen LogP contribution in [0.2, 0.25) is 0 Å². The van der Waals surface area contributed by atoms with Crippen molar-refractivity contribution in [1.29, 1.82) is 0 Å². The minimum absolute atomic E-state index is 0.126. The standard InChI is InChI=1S/C26H37N4O5P.C2H6/c1-6-17-29(5)26(32)24-25(28-23(27-24)16-15-22-13-11-21(4)12-14-22)30(20-31)18-9-10-19-36(33,34-7-2)35-8-3;1-2/h1,11-14,20H,7-10,15-19H2,2-5H3,(H,27,28);1-2H3. The summed E-state index contributed by atoms with van der Waals surface area (Å²) in [5.41, 5.74) is 2.55. The van der Waals surface area contributed by atoms with E-state index < -0.39 is 7.60 Å². The van der Waals surface area contributed by atoms with E-state index in [1.54, 1.807) is 20.9 Å². The van der Waals surface area contributed by atoms with Crippen molar-refractivity contribution in [1.82, 2.24) is 14.9 Å². The quantitative estimate of drug-likeness (QED) is 0.134. The van der Waals surface area contributed by atoms with Crippen LogP contribution in [-0.4, -0.2) is 66.7 Å². The largest absolute Gasteiger partial charge is 0.336 e. The Morgan fingerprint density at radius 2 is 1.76 bits per heavy atom. The van der Waals surface area contributed by atoms with Crippen LogP contribution in [0.25, 0.3) is 0 Å². The lowest BCUT2D eigenvalue weighted by molar-refractivity contribution is -0.107. The molecule has 1 aromatic carbocycles. The van der Waals surface area contributed by atoms with Crippen molar-refractivity contribution >= 4 is 25.7 Å². The summed E-state index contributed by atoms with van der Waals surface area (Å²) in [6.07, 6.45) is 8.63. The number of anilines is 1. The Balaban J connectivity index is 0.00000352. The molecule has 210 valence electrons. The highest BCUT2D eigenvalue weighted by atomic mass is 31.2. The predicted molar refractivity (Wildman–Crippen MR) is 153 cm³/mol. The summed E-state index contributed by atoms with van der Waals surface area (Å²) in [6, 6.07) is 8.23. The van der Waals surface area contributed by atoms with Crippen molar-refractivity contribution in [3.63, 3.8) is 0 Å². The highest BCUT2D eigenvalue weighted by Crippen LogP contribution is 2.48. The van der Waals surface area contributed by atoms with Crippen LogP contribution in [-0.2, 0) is 31.2 Å². The summed E-state index contributed by atoms with van der Waals surface area (Å²) in [5, 5.41) is 0. The minimum atomic E-state index is -3.15. The van der Waals surface area contributed by atoms with E-state index in [4.69, 9.17) is 15.5 Å². The predicted octanol–water partition coefficient (Wildman–Crippen LogP) is 5.24. The maximum Gasteiger partial charge on any atom is 0.330 e. The van der Waals surface area contributed by atoms with Crippen LogP contribution in [0.1, 0.15) is 68.0 Å². The van der Waals surface area contributed by atoms with Gasteiger partial charge >= 0.3 is 7.60 Å². The Bertz CT molecular complexity index is 1070. The van der Waals surface area contributed by atoms with Gasteiger partial charge in [0, 0.05) is 20.0 Å². The minimum Gasteiger partial charge on any atom is -0.336 e. The number of hydrogen-bond acceptors (Lipinski definition) is 6. The fourth-order valence-electron chi connectivity index (χ4n) is 3.66. The number of amides is 2.